The second kappa shape index (κ2) is 4.28. The lowest BCUT2D eigenvalue weighted by Crippen LogP contribution is -2.07. The minimum absolute atomic E-state index is 0.369. The summed E-state index contributed by atoms with van der Waals surface area (Å²) in [7, 11) is 0. The van der Waals surface area contributed by atoms with Crippen LogP contribution in [0.5, 0.6) is 0 Å². The fourth-order valence-electron chi connectivity index (χ4n) is 3.00. The van der Waals surface area contributed by atoms with Crippen LogP contribution in [0.2, 0.25) is 0 Å². The molecule has 0 saturated heterocycles. The molecular weight excluding hydrogens is 160 g/mol. The summed E-state index contributed by atoms with van der Waals surface area (Å²) >= 11 is 0. The van der Waals surface area contributed by atoms with Crippen molar-refractivity contribution in [3.63, 3.8) is 0 Å². The predicted octanol–water partition coefficient (Wildman–Crippen LogP) is 2.90. The fraction of sp³-hybridized carbons (Fsp3) is 0.833. The van der Waals surface area contributed by atoms with Gasteiger partial charge in [0.05, 0.1) is 0 Å². The van der Waals surface area contributed by atoms with Gasteiger partial charge in [-0.05, 0) is 56.8 Å². The van der Waals surface area contributed by atoms with Crippen LogP contribution < -0.4 is 0 Å². The van der Waals surface area contributed by atoms with Gasteiger partial charge >= 0.3 is 0 Å². The van der Waals surface area contributed by atoms with Crippen LogP contribution in [0, 0.1) is 11.8 Å². The maximum atomic E-state index is 8.80. The highest BCUT2D eigenvalue weighted by molar-refractivity contribution is 5.17. The molecule has 2 atom stereocenters. The van der Waals surface area contributed by atoms with E-state index in [1.807, 2.05) is 0 Å². The van der Waals surface area contributed by atoms with E-state index in [0.717, 1.165) is 18.3 Å². The number of rotatable bonds is 3. The van der Waals surface area contributed by atoms with Crippen LogP contribution in [0.15, 0.2) is 11.6 Å². The van der Waals surface area contributed by atoms with Gasteiger partial charge in [-0.2, -0.15) is 0 Å². The van der Waals surface area contributed by atoms with Crippen LogP contribution in [0.1, 0.15) is 44.9 Å². The maximum Gasteiger partial charge on any atom is 0.0431 e. The van der Waals surface area contributed by atoms with E-state index in [2.05, 4.69) is 6.08 Å². The molecule has 1 nitrogen and oxygen atoms in total. The lowest BCUT2D eigenvalue weighted by atomic mass is 9.86. The first kappa shape index (κ1) is 9.26. The Kier molecular flexibility index (Phi) is 3.05. The second-order valence-electron chi connectivity index (χ2n) is 4.47. The molecule has 13 heavy (non-hydrogen) atoms. The van der Waals surface area contributed by atoms with Crippen LogP contribution in [0.3, 0.4) is 0 Å². The van der Waals surface area contributed by atoms with Gasteiger partial charge in [0.2, 0.25) is 0 Å². The Morgan fingerprint density at radius 2 is 2.23 bits per heavy atom. The Morgan fingerprint density at radius 3 is 3.08 bits per heavy atom. The third-order valence-corrected chi connectivity index (χ3v) is 3.65. The zero-order valence-corrected chi connectivity index (χ0v) is 8.34. The van der Waals surface area contributed by atoms with Gasteiger partial charge in [-0.25, -0.2) is 0 Å². The molecule has 2 aliphatic rings. The van der Waals surface area contributed by atoms with Crippen LogP contribution in [-0.4, -0.2) is 11.7 Å². The van der Waals surface area contributed by atoms with Crippen LogP contribution in [0.4, 0.5) is 0 Å². The summed E-state index contributed by atoms with van der Waals surface area (Å²) in [6.45, 7) is 0.369. The van der Waals surface area contributed by atoms with Crippen LogP contribution >= 0.6 is 0 Å². The summed E-state index contributed by atoms with van der Waals surface area (Å²) in [6.07, 6.45) is 11.7. The van der Waals surface area contributed by atoms with E-state index in [0.29, 0.717) is 6.61 Å². The Morgan fingerprint density at radius 1 is 1.31 bits per heavy atom. The molecule has 1 saturated carbocycles. The van der Waals surface area contributed by atoms with E-state index in [1.54, 1.807) is 5.57 Å². The van der Waals surface area contributed by atoms with Crippen molar-refractivity contribution in [1.29, 1.82) is 0 Å². The van der Waals surface area contributed by atoms with Crippen molar-refractivity contribution in [1.82, 2.24) is 0 Å². The van der Waals surface area contributed by atoms with Gasteiger partial charge in [0.15, 0.2) is 0 Å². The molecule has 0 heterocycles. The summed E-state index contributed by atoms with van der Waals surface area (Å²) in [5.74, 6) is 1.76. The Balaban J connectivity index is 1.94. The second-order valence-corrected chi connectivity index (χ2v) is 4.47. The topological polar surface area (TPSA) is 20.2 Å². The van der Waals surface area contributed by atoms with Gasteiger partial charge in [-0.3, -0.25) is 0 Å². The summed E-state index contributed by atoms with van der Waals surface area (Å²) in [5.41, 5.74) is 1.75. The lowest BCUT2D eigenvalue weighted by Gasteiger charge is -2.20. The van der Waals surface area contributed by atoms with E-state index in [-0.39, 0.29) is 0 Å². The molecule has 0 aliphatic heterocycles. The van der Waals surface area contributed by atoms with Crippen molar-refractivity contribution in [2.75, 3.05) is 6.61 Å². The molecule has 1 N–H and O–H groups in total. The average molecular weight is 180 g/mol. The molecule has 0 radical (unpaired) electrons. The number of hydrogen-bond acceptors (Lipinski definition) is 1. The zero-order chi connectivity index (χ0) is 9.10. The van der Waals surface area contributed by atoms with Gasteiger partial charge in [0, 0.05) is 6.61 Å². The minimum Gasteiger partial charge on any atom is -0.396 e. The Labute approximate surface area is 80.8 Å². The van der Waals surface area contributed by atoms with E-state index >= 15 is 0 Å². The van der Waals surface area contributed by atoms with Crippen molar-refractivity contribution in [2.24, 2.45) is 11.8 Å². The molecule has 0 spiro atoms. The minimum atomic E-state index is 0.369. The first-order chi connectivity index (χ1) is 6.42. The van der Waals surface area contributed by atoms with Crippen molar-refractivity contribution < 1.29 is 5.11 Å². The van der Waals surface area contributed by atoms with E-state index in [9.17, 15) is 0 Å². The molecule has 2 rings (SSSR count). The molecule has 0 unspecified atom stereocenters. The van der Waals surface area contributed by atoms with Crippen LogP contribution in [0.25, 0.3) is 0 Å². The van der Waals surface area contributed by atoms with Gasteiger partial charge in [0.25, 0.3) is 0 Å². The summed E-state index contributed by atoms with van der Waals surface area (Å²) < 4.78 is 0. The van der Waals surface area contributed by atoms with Gasteiger partial charge < -0.3 is 5.11 Å². The Bertz CT molecular complexity index is 195. The molecule has 2 aliphatic carbocycles. The number of allylic oxidation sites excluding steroid dienone is 2. The molecule has 0 bridgehead atoms. The van der Waals surface area contributed by atoms with Gasteiger partial charge in [-0.1, -0.05) is 11.6 Å². The quantitative estimate of drug-likeness (QED) is 0.662. The zero-order valence-electron chi connectivity index (χ0n) is 8.34. The van der Waals surface area contributed by atoms with E-state index in [4.69, 9.17) is 5.11 Å². The molecule has 0 amide bonds. The van der Waals surface area contributed by atoms with Crippen molar-refractivity contribution in [3.8, 4) is 0 Å². The monoisotopic (exact) mass is 180 g/mol. The lowest BCUT2D eigenvalue weighted by molar-refractivity contribution is 0.276. The normalized spacial score (nSPS) is 32.8. The molecule has 1 fully saturated rings. The highest BCUT2D eigenvalue weighted by atomic mass is 16.2. The third kappa shape index (κ3) is 1.96. The molecule has 0 aromatic carbocycles. The number of fused-ring (bicyclic) bond motifs is 1. The third-order valence-electron chi connectivity index (χ3n) is 3.65. The molecule has 0 aromatic heterocycles. The van der Waals surface area contributed by atoms with Gasteiger partial charge in [0.1, 0.15) is 0 Å². The van der Waals surface area contributed by atoms with Crippen molar-refractivity contribution in [3.05, 3.63) is 11.6 Å². The number of aliphatic hydroxyl groups is 1. The summed E-state index contributed by atoms with van der Waals surface area (Å²) in [5, 5.41) is 8.80. The van der Waals surface area contributed by atoms with Crippen LogP contribution in [-0.2, 0) is 0 Å². The number of aliphatic hydroxyl groups excluding tert-OH is 1. The smallest absolute Gasteiger partial charge is 0.0431 e. The highest BCUT2D eigenvalue weighted by Crippen LogP contribution is 2.43. The van der Waals surface area contributed by atoms with Gasteiger partial charge in [-0.15, -0.1) is 0 Å². The fourth-order valence-corrected chi connectivity index (χ4v) is 3.00. The summed E-state index contributed by atoms with van der Waals surface area (Å²) in [6, 6.07) is 0. The van der Waals surface area contributed by atoms with Crippen molar-refractivity contribution >= 4 is 0 Å². The molecular formula is C12H20O. The van der Waals surface area contributed by atoms with Crippen molar-refractivity contribution in [2.45, 2.75) is 44.9 Å². The van der Waals surface area contributed by atoms with E-state index < -0.39 is 0 Å². The highest BCUT2D eigenvalue weighted by Gasteiger charge is 2.30. The standard InChI is InChI=1S/C12H20O/c13-9-3-5-11-8-7-10-4-1-2-6-12(10)11/h6,10-11,13H,1-5,7-9H2/t10-,11-/m1/s1. The predicted molar refractivity (Wildman–Crippen MR) is 54.5 cm³/mol. The maximum absolute atomic E-state index is 8.80. The summed E-state index contributed by atoms with van der Waals surface area (Å²) in [4.78, 5) is 0. The SMILES string of the molecule is OCCC[C@@H]1CC[C@H]2CCCC=C12. The first-order valence-corrected chi connectivity index (χ1v) is 5.72. The van der Waals surface area contributed by atoms with E-state index in [1.165, 1.54) is 38.5 Å². The molecule has 74 valence electrons. The molecule has 1 heteroatoms. The largest absolute Gasteiger partial charge is 0.396 e. The molecule has 0 aromatic rings. The Hall–Kier alpha value is -0.300. The first-order valence-electron chi connectivity index (χ1n) is 5.72. The average Bonchev–Trinajstić information content (AvgIpc) is 2.58. The number of hydrogen-bond donors (Lipinski definition) is 1.